The van der Waals surface area contributed by atoms with Gasteiger partial charge in [-0.25, -0.2) is 4.79 Å². The molecule has 24 heavy (non-hydrogen) atoms. The van der Waals surface area contributed by atoms with Gasteiger partial charge in [0.25, 0.3) is 5.43 Å². The Bertz CT molecular complexity index is 1010. The maximum atomic E-state index is 12.0. The monoisotopic (exact) mass is 344 g/mol. The third-order valence-corrected chi connectivity index (χ3v) is 4.76. The molecule has 0 saturated heterocycles. The van der Waals surface area contributed by atoms with Crippen LogP contribution in [0.25, 0.3) is 10.1 Å². The van der Waals surface area contributed by atoms with Crippen molar-refractivity contribution in [2.45, 2.75) is 6.54 Å². The molecule has 2 aromatic heterocycles. The lowest BCUT2D eigenvalue weighted by Crippen LogP contribution is -2.12. The zero-order valence-corrected chi connectivity index (χ0v) is 13.4. The minimum atomic E-state index is -0.716. The van der Waals surface area contributed by atoms with Crippen LogP contribution in [0.4, 0.5) is 5.69 Å². The molecular formula is C16H12N2O5S. The smallest absolute Gasteiger partial charge is 0.348 e. The van der Waals surface area contributed by atoms with Gasteiger partial charge in [-0.05, 0) is 11.5 Å². The lowest BCUT2D eigenvalue weighted by atomic mass is 10.1. The minimum absolute atomic E-state index is 0.218. The highest BCUT2D eigenvalue weighted by Gasteiger charge is 2.20. The molecule has 0 fully saturated rings. The minimum Gasteiger partial charge on any atom is -0.465 e. The van der Waals surface area contributed by atoms with Crippen LogP contribution in [0.5, 0.6) is 0 Å². The number of carbonyl (C=O) groups excluding carboxylic acids is 1. The fraction of sp³-hybridized carbons (Fsp3) is 0.125. The van der Waals surface area contributed by atoms with Gasteiger partial charge in [0, 0.05) is 29.1 Å². The number of carbonyl (C=O) groups is 1. The molecule has 0 atom stereocenters. The Morgan fingerprint density at radius 1 is 1.33 bits per heavy atom. The van der Waals surface area contributed by atoms with Crippen molar-refractivity contribution >= 4 is 33.1 Å². The number of hydrogen-bond donors (Lipinski definition) is 0. The second-order valence-corrected chi connectivity index (χ2v) is 6.07. The van der Waals surface area contributed by atoms with Crippen molar-refractivity contribution in [2.24, 2.45) is 0 Å². The number of fused-ring (bicyclic) bond motifs is 1. The fourth-order valence-electron chi connectivity index (χ4n) is 2.44. The first-order valence-corrected chi connectivity index (χ1v) is 7.76. The number of aromatic nitrogens is 1. The van der Waals surface area contributed by atoms with E-state index in [4.69, 9.17) is 4.74 Å². The average molecular weight is 344 g/mol. The van der Waals surface area contributed by atoms with Gasteiger partial charge in [0.1, 0.15) is 4.88 Å². The third-order valence-electron chi connectivity index (χ3n) is 3.56. The number of nitro groups is 1. The zero-order valence-electron chi connectivity index (χ0n) is 12.6. The summed E-state index contributed by atoms with van der Waals surface area (Å²) in [5.74, 6) is -0.457. The summed E-state index contributed by atoms with van der Waals surface area (Å²) < 4.78 is 7.26. The molecule has 122 valence electrons. The van der Waals surface area contributed by atoms with Gasteiger partial charge in [0.2, 0.25) is 0 Å². The molecule has 0 aliphatic carbocycles. The first-order chi connectivity index (χ1) is 11.5. The van der Waals surface area contributed by atoms with Crippen LogP contribution >= 0.6 is 11.3 Å². The van der Waals surface area contributed by atoms with E-state index in [0.29, 0.717) is 10.4 Å². The number of nitrogens with zero attached hydrogens (tertiary/aromatic N) is 2. The number of methoxy groups -OCH3 is 1. The highest BCUT2D eigenvalue weighted by molar-refractivity contribution is 7.21. The Morgan fingerprint density at radius 3 is 2.79 bits per heavy atom. The summed E-state index contributed by atoms with van der Waals surface area (Å²) in [7, 11) is 1.31. The molecular weight excluding hydrogens is 332 g/mol. The Labute approximate surface area is 139 Å². The summed E-state index contributed by atoms with van der Waals surface area (Å²) >= 11 is 1.31. The van der Waals surface area contributed by atoms with Crippen LogP contribution in [0.15, 0.2) is 47.5 Å². The summed E-state index contributed by atoms with van der Waals surface area (Å²) in [4.78, 5) is 34.2. The van der Waals surface area contributed by atoms with E-state index in [-0.39, 0.29) is 6.54 Å². The number of ether oxygens (including phenoxy) is 1. The van der Waals surface area contributed by atoms with Crippen molar-refractivity contribution < 1.29 is 14.5 Å². The predicted molar refractivity (Wildman–Crippen MR) is 89.6 cm³/mol. The van der Waals surface area contributed by atoms with E-state index in [1.807, 2.05) is 24.3 Å². The van der Waals surface area contributed by atoms with Gasteiger partial charge >= 0.3 is 11.7 Å². The van der Waals surface area contributed by atoms with E-state index >= 15 is 0 Å². The molecule has 3 aromatic rings. The van der Waals surface area contributed by atoms with Crippen molar-refractivity contribution in [3.8, 4) is 0 Å². The lowest BCUT2D eigenvalue weighted by Gasteiger charge is -2.07. The van der Waals surface area contributed by atoms with Gasteiger partial charge < -0.3 is 9.30 Å². The fourth-order valence-corrected chi connectivity index (χ4v) is 3.58. The molecule has 8 heteroatoms. The second kappa shape index (κ2) is 6.25. The zero-order chi connectivity index (χ0) is 17.3. The van der Waals surface area contributed by atoms with Crippen LogP contribution in [-0.2, 0) is 11.3 Å². The third kappa shape index (κ3) is 2.79. The molecule has 7 nitrogen and oxygen atoms in total. The molecule has 0 unspecified atom stereocenters. The van der Waals surface area contributed by atoms with Gasteiger partial charge in [-0.1, -0.05) is 18.2 Å². The van der Waals surface area contributed by atoms with Crippen molar-refractivity contribution in [3.05, 3.63) is 73.5 Å². The standard InChI is InChI=1S/C16H12N2O5S/c1-23-16(20)15-11(10-4-2-3-5-14(10)24-15)8-17-7-6-13(19)12(9-17)18(21)22/h2-7,9H,8H2,1H3. The largest absolute Gasteiger partial charge is 0.465 e. The number of thiophene rings is 1. The number of esters is 1. The molecule has 0 aliphatic heterocycles. The van der Waals surface area contributed by atoms with E-state index in [0.717, 1.165) is 16.2 Å². The van der Waals surface area contributed by atoms with E-state index in [1.165, 1.54) is 35.4 Å². The van der Waals surface area contributed by atoms with Gasteiger partial charge in [-0.2, -0.15) is 0 Å². The van der Waals surface area contributed by atoms with E-state index in [2.05, 4.69) is 0 Å². The predicted octanol–water partition coefficient (Wildman–Crippen LogP) is 2.81. The number of benzene rings is 1. The van der Waals surface area contributed by atoms with Crippen LogP contribution in [0.3, 0.4) is 0 Å². The van der Waals surface area contributed by atoms with Crippen molar-refractivity contribution in [1.29, 1.82) is 0 Å². The van der Waals surface area contributed by atoms with Gasteiger partial charge in [0.15, 0.2) is 0 Å². The maximum absolute atomic E-state index is 12.0. The molecule has 3 rings (SSSR count). The first kappa shape index (κ1) is 15.9. The van der Waals surface area contributed by atoms with Crippen LogP contribution in [0.1, 0.15) is 15.2 Å². The molecule has 0 saturated carbocycles. The summed E-state index contributed by atoms with van der Waals surface area (Å²) in [6.45, 7) is 0.218. The molecule has 0 spiro atoms. The number of pyridine rings is 1. The molecule has 2 heterocycles. The van der Waals surface area contributed by atoms with E-state index in [1.54, 1.807) is 0 Å². The van der Waals surface area contributed by atoms with Gasteiger partial charge in [-0.3, -0.25) is 14.9 Å². The maximum Gasteiger partial charge on any atom is 0.348 e. The van der Waals surface area contributed by atoms with Gasteiger partial charge in [0.05, 0.1) is 18.2 Å². The highest BCUT2D eigenvalue weighted by Crippen LogP contribution is 2.32. The SMILES string of the molecule is COC(=O)c1sc2ccccc2c1Cn1ccc(=O)c([N+](=O)[O-])c1. The summed E-state index contributed by atoms with van der Waals surface area (Å²) in [5, 5.41) is 11.8. The molecule has 0 bridgehead atoms. The van der Waals surface area contributed by atoms with Crippen molar-refractivity contribution in [3.63, 3.8) is 0 Å². The quantitative estimate of drug-likeness (QED) is 0.412. The van der Waals surface area contributed by atoms with E-state index < -0.39 is 22.0 Å². The highest BCUT2D eigenvalue weighted by atomic mass is 32.1. The van der Waals surface area contributed by atoms with Gasteiger partial charge in [-0.15, -0.1) is 11.3 Å². The van der Waals surface area contributed by atoms with Crippen LogP contribution < -0.4 is 5.43 Å². The second-order valence-electron chi connectivity index (χ2n) is 5.02. The Morgan fingerprint density at radius 2 is 2.08 bits per heavy atom. The first-order valence-electron chi connectivity index (χ1n) is 6.94. The molecule has 0 amide bonds. The summed E-state index contributed by atoms with van der Waals surface area (Å²) in [6.07, 6.45) is 2.64. The van der Waals surface area contributed by atoms with Crippen LogP contribution in [0, 0.1) is 10.1 Å². The van der Waals surface area contributed by atoms with Crippen LogP contribution in [-0.4, -0.2) is 22.6 Å². The Kier molecular flexibility index (Phi) is 4.13. The number of hydrogen-bond acceptors (Lipinski definition) is 6. The molecule has 1 aromatic carbocycles. The van der Waals surface area contributed by atoms with E-state index in [9.17, 15) is 19.7 Å². The van der Waals surface area contributed by atoms with Crippen molar-refractivity contribution in [2.75, 3.05) is 7.11 Å². The van der Waals surface area contributed by atoms with Crippen molar-refractivity contribution in [1.82, 2.24) is 4.57 Å². The van der Waals surface area contributed by atoms with Crippen LogP contribution in [0.2, 0.25) is 0 Å². The molecule has 0 N–H and O–H groups in total. The Balaban J connectivity index is 2.13. The lowest BCUT2D eigenvalue weighted by molar-refractivity contribution is -0.386. The topological polar surface area (TPSA) is 91.4 Å². The summed E-state index contributed by atoms with van der Waals surface area (Å²) in [6, 6.07) is 8.64. The Hall–Kier alpha value is -3.00. The molecule has 0 aliphatic rings. The molecule has 0 radical (unpaired) electrons. The summed E-state index contributed by atoms with van der Waals surface area (Å²) in [5.41, 5.74) is -0.448. The average Bonchev–Trinajstić information content (AvgIpc) is 2.94. The number of rotatable bonds is 4. The normalized spacial score (nSPS) is 10.7.